The normalized spacial score (nSPS) is 26.0. The fourth-order valence-corrected chi connectivity index (χ4v) is 10.2. The van der Waals surface area contributed by atoms with Gasteiger partial charge in [0.1, 0.15) is 29.0 Å². The first kappa shape index (κ1) is 44.7. The lowest BCUT2D eigenvalue weighted by atomic mass is 9.55. The van der Waals surface area contributed by atoms with E-state index >= 15 is 0 Å². The monoisotopic (exact) mass is 854 g/mol. The molecule has 3 aromatic carbocycles. The maximum atomic E-state index is 14.6. The summed E-state index contributed by atoms with van der Waals surface area (Å²) in [5.41, 5.74) is 3.54. The van der Waals surface area contributed by atoms with E-state index in [1.165, 1.54) is 0 Å². The van der Waals surface area contributed by atoms with Crippen molar-refractivity contribution in [1.29, 1.82) is 0 Å². The highest BCUT2D eigenvalue weighted by molar-refractivity contribution is 7.98. The van der Waals surface area contributed by atoms with Crippen molar-refractivity contribution in [1.82, 2.24) is 4.90 Å². The molecule has 4 aliphatic rings. The maximum Gasteiger partial charge on any atom is 0.239 e. The summed E-state index contributed by atoms with van der Waals surface area (Å²) in [5.74, 6) is 0.905. The molecule has 0 bridgehead atoms. The summed E-state index contributed by atoms with van der Waals surface area (Å²) in [6.07, 6.45) is 13.6. The predicted molar refractivity (Wildman–Crippen MR) is 237 cm³/mol. The topological polar surface area (TPSA) is 129 Å². The predicted octanol–water partition coefficient (Wildman–Crippen LogP) is 9.07. The second-order valence-corrected chi connectivity index (χ2v) is 17.4. The third-order valence-electron chi connectivity index (χ3n) is 12.7. The van der Waals surface area contributed by atoms with Crippen LogP contribution in [0, 0.1) is 17.8 Å². The molecule has 61 heavy (non-hydrogen) atoms. The van der Waals surface area contributed by atoms with Crippen LogP contribution in [0.25, 0.3) is 0 Å². The first-order valence-corrected chi connectivity index (χ1v) is 23.1. The Morgan fingerprint density at radius 1 is 1.00 bits per heavy atom. The Hall–Kier alpha value is -4.33. The molecule has 3 aromatic rings. The molecular weight excluding hydrogens is 793 g/mol. The van der Waals surface area contributed by atoms with E-state index in [4.69, 9.17) is 33.7 Å². The molecule has 2 aliphatic carbocycles. The maximum absolute atomic E-state index is 14.6. The number of rotatable bonds is 20. The van der Waals surface area contributed by atoms with Gasteiger partial charge in [-0.1, -0.05) is 42.3 Å². The van der Waals surface area contributed by atoms with Crippen molar-refractivity contribution >= 4 is 23.4 Å². The molecule has 7 rings (SSSR count). The molecule has 2 fully saturated rings. The number of fused-ring (bicyclic) bond motifs is 2. The Labute approximate surface area is 365 Å². The zero-order valence-corrected chi connectivity index (χ0v) is 36.7. The molecule has 0 spiro atoms. The number of nitrogens with zero attached hydrogens (tertiary/aromatic N) is 2. The number of methoxy groups -OCH3 is 1. The number of thioether (sulfide) groups is 1. The molecule has 2 aliphatic heterocycles. The van der Waals surface area contributed by atoms with Gasteiger partial charge in [-0.2, -0.15) is 0 Å². The fourth-order valence-electron chi connectivity index (χ4n) is 9.74. The van der Waals surface area contributed by atoms with Crippen LogP contribution in [-0.2, 0) is 25.5 Å². The molecule has 0 radical (unpaired) electrons. The van der Waals surface area contributed by atoms with E-state index in [2.05, 4.69) is 37.1 Å². The first-order valence-electron chi connectivity index (χ1n) is 21.9. The summed E-state index contributed by atoms with van der Waals surface area (Å²) in [4.78, 5) is 23.8. The van der Waals surface area contributed by atoms with Crippen molar-refractivity contribution in [2.24, 2.45) is 22.9 Å². The van der Waals surface area contributed by atoms with Gasteiger partial charge in [-0.3, -0.25) is 4.79 Å². The number of benzene rings is 3. The number of oxime groups is 1. The number of amides is 1. The Bertz CT molecular complexity index is 2000. The number of aliphatic hydroxyl groups excluding tert-OH is 2. The van der Waals surface area contributed by atoms with Crippen LogP contribution < -0.4 is 14.2 Å². The van der Waals surface area contributed by atoms with Gasteiger partial charge in [-0.05, 0) is 122 Å². The van der Waals surface area contributed by atoms with Crippen LogP contribution in [0.3, 0.4) is 0 Å². The number of ether oxygens (including phenoxy) is 5. The molecule has 7 atom stereocenters. The van der Waals surface area contributed by atoms with E-state index < -0.39 is 24.0 Å². The van der Waals surface area contributed by atoms with Crippen LogP contribution in [-0.4, -0.2) is 91.7 Å². The minimum Gasteiger partial charge on any atom is -0.497 e. The number of hydrogen-bond acceptors (Lipinski definition) is 11. The van der Waals surface area contributed by atoms with Gasteiger partial charge in [0.25, 0.3) is 0 Å². The van der Waals surface area contributed by atoms with E-state index in [1.54, 1.807) is 29.8 Å². The SMILES string of the molecule is C=CCOC12Oc3ccc(Oc4ccc(SC)cc4)cc3C3C(CCCCO)C(CCCCO)C=C(C(=NOC4CCCCO4)CC1N(C)C(=O)Cc1cccc(OC)c1)C32. The van der Waals surface area contributed by atoms with Crippen LogP contribution in [0.5, 0.6) is 23.0 Å². The van der Waals surface area contributed by atoms with Crippen LogP contribution in [0.2, 0.25) is 0 Å². The molecule has 12 heteroatoms. The van der Waals surface area contributed by atoms with Crippen molar-refractivity contribution in [3.05, 3.63) is 102 Å². The quantitative estimate of drug-likeness (QED) is 0.0492. The molecule has 7 unspecified atom stereocenters. The second kappa shape index (κ2) is 21.2. The van der Waals surface area contributed by atoms with Crippen molar-refractivity contribution in [3.8, 4) is 23.0 Å². The van der Waals surface area contributed by atoms with Gasteiger partial charge >= 0.3 is 0 Å². The van der Waals surface area contributed by atoms with Crippen molar-refractivity contribution in [3.63, 3.8) is 0 Å². The van der Waals surface area contributed by atoms with Crippen LogP contribution in [0.1, 0.15) is 81.3 Å². The van der Waals surface area contributed by atoms with Gasteiger partial charge < -0.3 is 43.6 Å². The molecule has 328 valence electrons. The lowest BCUT2D eigenvalue weighted by molar-refractivity contribution is -0.255. The Kier molecular flexibility index (Phi) is 15.5. The lowest BCUT2D eigenvalue weighted by Crippen LogP contribution is -2.69. The highest BCUT2D eigenvalue weighted by Crippen LogP contribution is 2.62. The molecule has 1 saturated carbocycles. The smallest absolute Gasteiger partial charge is 0.239 e. The van der Waals surface area contributed by atoms with Gasteiger partial charge in [-0.25, -0.2) is 0 Å². The lowest BCUT2D eigenvalue weighted by Gasteiger charge is -2.59. The Morgan fingerprint density at radius 2 is 1.79 bits per heavy atom. The average molecular weight is 855 g/mol. The zero-order chi connectivity index (χ0) is 42.8. The summed E-state index contributed by atoms with van der Waals surface area (Å²) < 4.78 is 32.4. The minimum absolute atomic E-state index is 0.0878. The van der Waals surface area contributed by atoms with Crippen molar-refractivity contribution in [2.45, 2.75) is 99.6 Å². The van der Waals surface area contributed by atoms with Crippen molar-refractivity contribution < 1.29 is 43.5 Å². The van der Waals surface area contributed by atoms with Gasteiger partial charge in [-0.15, -0.1) is 18.3 Å². The van der Waals surface area contributed by atoms with Crippen LogP contribution >= 0.6 is 11.8 Å². The number of aliphatic hydroxyl groups is 2. The number of hydrogen-bond donors (Lipinski definition) is 2. The molecule has 2 N–H and O–H groups in total. The Morgan fingerprint density at radius 3 is 2.51 bits per heavy atom. The largest absolute Gasteiger partial charge is 0.497 e. The number of carbonyl (C=O) groups is 1. The zero-order valence-electron chi connectivity index (χ0n) is 35.8. The molecular formula is C49H62N2O9S. The fraction of sp³-hybridized carbons (Fsp3) is 0.510. The third kappa shape index (κ3) is 10.2. The summed E-state index contributed by atoms with van der Waals surface area (Å²) in [6.45, 7) is 5.07. The number of carbonyl (C=O) groups excluding carboxylic acids is 1. The van der Waals surface area contributed by atoms with Gasteiger partial charge in [0.2, 0.25) is 18.0 Å². The molecule has 1 amide bonds. The number of allylic oxidation sites excluding steroid dienone is 1. The van der Waals surface area contributed by atoms with Gasteiger partial charge in [0, 0.05) is 49.5 Å². The molecule has 2 heterocycles. The standard InChI is InChI=1S/C49H62N2O9S/c1-5-26-57-49-44(51(2)45(54)29-33-13-12-15-36(28-33)55-3)32-42(50-60-46-17-8-11-27-56-46)40-30-34(14-6-9-24-52)39(16-7-10-25-53)47(48(40)49)41-31-37(20-23-43(41)59-49)58-35-18-21-38(61-4)22-19-35/h5,12-13,15,18-23,28,30-31,34,39,44,46-48,52-53H,1,6-11,14,16-17,24-27,29,32H2,2-4H3. The summed E-state index contributed by atoms with van der Waals surface area (Å²) >= 11 is 1.68. The molecule has 0 aromatic heterocycles. The molecule has 11 nitrogen and oxygen atoms in total. The highest BCUT2D eigenvalue weighted by Gasteiger charge is 2.65. The summed E-state index contributed by atoms with van der Waals surface area (Å²) in [6, 6.07) is 21.0. The first-order chi connectivity index (χ1) is 29.8. The van der Waals surface area contributed by atoms with Gasteiger partial charge in [0.05, 0.1) is 38.4 Å². The van der Waals surface area contributed by atoms with Crippen LogP contribution in [0.15, 0.2) is 101 Å². The summed E-state index contributed by atoms with van der Waals surface area (Å²) in [5, 5.41) is 24.8. The Balaban J connectivity index is 1.39. The van der Waals surface area contributed by atoms with E-state index in [9.17, 15) is 15.0 Å². The average Bonchev–Trinajstić information content (AvgIpc) is 3.29. The molecule has 1 saturated heterocycles. The van der Waals surface area contributed by atoms with Gasteiger partial charge in [0.15, 0.2) is 0 Å². The third-order valence-corrected chi connectivity index (χ3v) is 13.5. The number of likely N-dealkylation sites (N-methyl/N-ethyl adjacent to an activating group) is 1. The van der Waals surface area contributed by atoms with Crippen molar-refractivity contribution in [2.75, 3.05) is 46.8 Å². The number of unbranched alkanes of at least 4 members (excludes halogenated alkanes) is 2. The van der Waals surface area contributed by atoms with Crippen LogP contribution in [0.4, 0.5) is 0 Å². The highest BCUT2D eigenvalue weighted by atomic mass is 32.2. The van der Waals surface area contributed by atoms with E-state index in [0.717, 1.165) is 78.0 Å². The van der Waals surface area contributed by atoms with E-state index in [-0.39, 0.29) is 49.9 Å². The minimum atomic E-state index is -1.35. The summed E-state index contributed by atoms with van der Waals surface area (Å²) in [7, 11) is 3.45. The van der Waals surface area contributed by atoms with E-state index in [0.29, 0.717) is 43.1 Å². The van der Waals surface area contributed by atoms with E-state index in [1.807, 2.05) is 55.6 Å². The second-order valence-electron chi connectivity index (χ2n) is 16.5.